The van der Waals surface area contributed by atoms with Crippen molar-refractivity contribution >= 4 is 79.1 Å². The molecule has 0 bridgehead atoms. The highest BCUT2D eigenvalue weighted by molar-refractivity contribution is 14.1. The Morgan fingerprint density at radius 3 is 2.50 bits per heavy atom. The van der Waals surface area contributed by atoms with Gasteiger partial charge in [0, 0.05) is 9.26 Å². The predicted molar refractivity (Wildman–Crippen MR) is 157 cm³/mol. The van der Waals surface area contributed by atoms with Crippen LogP contribution in [0.25, 0.3) is 6.08 Å². The molecule has 1 aliphatic heterocycles. The number of hydrogen-bond donors (Lipinski definition) is 1. The van der Waals surface area contributed by atoms with Gasteiger partial charge in [0.15, 0.2) is 11.5 Å². The molecule has 3 amide bonds. The molecule has 0 saturated carbocycles. The van der Waals surface area contributed by atoms with Crippen molar-refractivity contribution in [1.82, 2.24) is 4.90 Å². The topological polar surface area (TPSA) is 84.9 Å². The Kier molecular flexibility index (Phi) is 9.44. The lowest BCUT2D eigenvalue weighted by molar-refractivity contribution is -0.127. The summed E-state index contributed by atoms with van der Waals surface area (Å²) < 4.78 is 26.5. The summed E-state index contributed by atoms with van der Waals surface area (Å²) in [6.07, 6.45) is 1.57. The third-order valence-corrected chi connectivity index (χ3v) is 7.44. The molecule has 38 heavy (non-hydrogen) atoms. The number of nitrogens with zero attached hydrogens (tertiary/aromatic N) is 1. The fraction of sp³-hybridized carbons (Fsp3) is 0.148. The number of amides is 3. The number of benzene rings is 3. The number of ether oxygens (including phenoxy) is 2. The van der Waals surface area contributed by atoms with Crippen molar-refractivity contribution in [3.63, 3.8) is 0 Å². The van der Waals surface area contributed by atoms with Gasteiger partial charge in [0.1, 0.15) is 19.0 Å². The number of carbonyl (C=O) groups is 3. The van der Waals surface area contributed by atoms with Crippen molar-refractivity contribution in [2.24, 2.45) is 0 Å². The summed E-state index contributed by atoms with van der Waals surface area (Å²) in [5, 5.41) is 2.17. The third-order valence-electron chi connectivity index (χ3n) is 5.23. The zero-order valence-corrected chi connectivity index (χ0v) is 24.6. The molecular weight excluding hydrogens is 690 g/mol. The molecule has 196 valence electrons. The fourth-order valence-corrected chi connectivity index (χ4v) is 5.25. The van der Waals surface area contributed by atoms with Crippen LogP contribution in [0.2, 0.25) is 0 Å². The van der Waals surface area contributed by atoms with Crippen LogP contribution in [0.4, 0.5) is 14.9 Å². The van der Waals surface area contributed by atoms with Gasteiger partial charge < -0.3 is 14.8 Å². The maximum atomic E-state index is 13.2. The van der Waals surface area contributed by atoms with Crippen LogP contribution < -0.4 is 14.8 Å². The molecule has 1 fully saturated rings. The highest BCUT2D eigenvalue weighted by Gasteiger charge is 2.36. The Balaban J connectivity index is 1.48. The minimum Gasteiger partial charge on any atom is -0.490 e. The van der Waals surface area contributed by atoms with Crippen LogP contribution in [0, 0.1) is 9.39 Å². The molecule has 0 spiro atoms. The lowest BCUT2D eigenvalue weighted by Gasteiger charge is -2.15. The van der Waals surface area contributed by atoms with Gasteiger partial charge in [-0.3, -0.25) is 19.3 Å². The van der Waals surface area contributed by atoms with Crippen LogP contribution in [-0.2, 0) is 16.2 Å². The second-order valence-corrected chi connectivity index (χ2v) is 11.1. The maximum Gasteiger partial charge on any atom is 0.294 e. The normalized spacial score (nSPS) is 14.2. The Morgan fingerprint density at radius 1 is 1.11 bits per heavy atom. The lowest BCUT2D eigenvalue weighted by atomic mass is 10.1. The monoisotopic (exact) mass is 710 g/mol. The first-order chi connectivity index (χ1) is 18.2. The van der Waals surface area contributed by atoms with E-state index in [4.69, 9.17) is 9.47 Å². The predicted octanol–water partition coefficient (Wildman–Crippen LogP) is 6.85. The van der Waals surface area contributed by atoms with Crippen molar-refractivity contribution in [1.29, 1.82) is 0 Å². The molecule has 0 radical (unpaired) electrons. The van der Waals surface area contributed by atoms with Gasteiger partial charge >= 0.3 is 0 Å². The van der Waals surface area contributed by atoms with E-state index < -0.39 is 23.6 Å². The average molecular weight is 711 g/mol. The van der Waals surface area contributed by atoms with Crippen LogP contribution >= 0.6 is 50.3 Å². The molecule has 1 N–H and O–H groups in total. The Labute approximate surface area is 245 Å². The maximum absolute atomic E-state index is 13.2. The van der Waals surface area contributed by atoms with E-state index in [9.17, 15) is 18.8 Å². The van der Waals surface area contributed by atoms with E-state index in [1.807, 2.05) is 19.1 Å². The van der Waals surface area contributed by atoms with E-state index in [2.05, 4.69) is 43.8 Å². The highest BCUT2D eigenvalue weighted by Crippen LogP contribution is 2.39. The molecule has 11 heteroatoms. The van der Waals surface area contributed by atoms with E-state index in [1.54, 1.807) is 42.5 Å². The molecule has 0 aromatic heterocycles. The van der Waals surface area contributed by atoms with Gasteiger partial charge in [0.05, 0.1) is 16.0 Å². The van der Waals surface area contributed by atoms with E-state index in [0.717, 1.165) is 25.8 Å². The molecule has 4 rings (SSSR count). The summed E-state index contributed by atoms with van der Waals surface area (Å²) in [6, 6.07) is 16.6. The summed E-state index contributed by atoms with van der Waals surface area (Å²) in [4.78, 5) is 39.0. The average Bonchev–Trinajstić information content (AvgIpc) is 3.13. The minimum absolute atomic E-state index is 0.186. The van der Waals surface area contributed by atoms with Crippen LogP contribution in [0.5, 0.6) is 11.5 Å². The molecule has 7 nitrogen and oxygen atoms in total. The first-order valence-electron chi connectivity index (χ1n) is 11.4. The van der Waals surface area contributed by atoms with Crippen molar-refractivity contribution in [2.45, 2.75) is 13.5 Å². The third kappa shape index (κ3) is 7.14. The van der Waals surface area contributed by atoms with Crippen LogP contribution in [0.15, 0.2) is 70.0 Å². The first kappa shape index (κ1) is 28.1. The lowest BCUT2D eigenvalue weighted by Crippen LogP contribution is -2.36. The zero-order valence-electron chi connectivity index (χ0n) is 20.0. The molecule has 3 aromatic carbocycles. The number of anilines is 1. The standard InChI is InChI=1S/C27H21BrFIN2O5S/c1-2-36-22-12-17(11-21(28)25(22)37-15-16-3-5-18(29)6-4-16)13-23-26(34)32(27(35)38-23)14-24(33)31-20-9-7-19(30)8-10-20/h3-13H,2,14-15H2,1H3,(H,31,33)/b23-13-. The summed E-state index contributed by atoms with van der Waals surface area (Å²) in [5.41, 5.74) is 1.96. The van der Waals surface area contributed by atoms with Gasteiger partial charge in [0.2, 0.25) is 5.91 Å². The van der Waals surface area contributed by atoms with Crippen LogP contribution in [0.1, 0.15) is 18.1 Å². The molecule has 1 aliphatic rings. The van der Waals surface area contributed by atoms with Gasteiger partial charge in [-0.25, -0.2) is 4.39 Å². The molecule has 0 aliphatic carbocycles. The van der Waals surface area contributed by atoms with Crippen molar-refractivity contribution in [3.8, 4) is 11.5 Å². The number of nitrogens with one attached hydrogen (secondary N) is 1. The SMILES string of the molecule is CCOc1cc(/C=C2\SC(=O)N(CC(=O)Nc3ccc(I)cc3)C2=O)cc(Br)c1OCc1ccc(F)cc1. The van der Waals surface area contributed by atoms with E-state index in [-0.39, 0.29) is 17.3 Å². The van der Waals surface area contributed by atoms with E-state index >= 15 is 0 Å². The van der Waals surface area contributed by atoms with Gasteiger partial charge in [0.25, 0.3) is 11.1 Å². The number of hydrogen-bond acceptors (Lipinski definition) is 6. The van der Waals surface area contributed by atoms with Crippen LogP contribution in [-0.4, -0.2) is 35.1 Å². The second-order valence-electron chi connectivity index (χ2n) is 8.00. The summed E-state index contributed by atoms with van der Waals surface area (Å²) in [6.45, 7) is 2.01. The molecular formula is C27H21BrFIN2O5S. The smallest absolute Gasteiger partial charge is 0.294 e. The van der Waals surface area contributed by atoms with Crippen molar-refractivity contribution < 1.29 is 28.2 Å². The zero-order chi connectivity index (χ0) is 27.2. The Hall–Kier alpha value is -2.90. The molecule has 0 atom stereocenters. The summed E-state index contributed by atoms with van der Waals surface area (Å²) in [7, 11) is 0. The number of halogens is 3. The van der Waals surface area contributed by atoms with Gasteiger partial charge in [-0.2, -0.15) is 0 Å². The van der Waals surface area contributed by atoms with E-state index in [0.29, 0.717) is 33.8 Å². The summed E-state index contributed by atoms with van der Waals surface area (Å²) in [5.74, 6) is -0.465. The molecule has 3 aromatic rings. The van der Waals surface area contributed by atoms with Gasteiger partial charge in [-0.1, -0.05) is 12.1 Å². The van der Waals surface area contributed by atoms with Crippen molar-refractivity contribution in [3.05, 3.63) is 90.6 Å². The molecule has 1 saturated heterocycles. The quantitative estimate of drug-likeness (QED) is 0.193. The highest BCUT2D eigenvalue weighted by atomic mass is 127. The molecule has 1 heterocycles. The van der Waals surface area contributed by atoms with Crippen molar-refractivity contribution in [2.75, 3.05) is 18.5 Å². The Morgan fingerprint density at radius 2 is 1.82 bits per heavy atom. The Bertz CT molecular complexity index is 1400. The number of rotatable bonds is 9. The van der Waals surface area contributed by atoms with E-state index in [1.165, 1.54) is 12.1 Å². The second kappa shape index (κ2) is 12.8. The van der Waals surface area contributed by atoms with Gasteiger partial charge in [-0.05, 0) is 123 Å². The van der Waals surface area contributed by atoms with Crippen LogP contribution in [0.3, 0.4) is 0 Å². The number of carbonyl (C=O) groups excluding carboxylic acids is 3. The summed E-state index contributed by atoms with van der Waals surface area (Å²) >= 11 is 6.41. The molecule has 0 unspecified atom stereocenters. The first-order valence-corrected chi connectivity index (χ1v) is 14.1. The number of thioether (sulfide) groups is 1. The fourth-order valence-electron chi connectivity index (χ4n) is 3.48. The van der Waals surface area contributed by atoms with Gasteiger partial charge in [-0.15, -0.1) is 0 Å². The number of imide groups is 1. The minimum atomic E-state index is -0.552. The largest absolute Gasteiger partial charge is 0.490 e.